The predicted octanol–water partition coefficient (Wildman–Crippen LogP) is 0.141. The zero-order valence-electron chi connectivity index (χ0n) is 7.23. The fourth-order valence-electron chi connectivity index (χ4n) is 0.757. The molecule has 0 fully saturated rings. The molecule has 0 aromatic carbocycles. The standard InChI is InChI=1S/C8H10N4O/c1-6(5-13)11-8-10-3-2-7(4-9)12-8/h2-3,6,13H,5H2,1H3,(H,10,11,12). The highest BCUT2D eigenvalue weighted by molar-refractivity contribution is 5.30. The Hall–Kier alpha value is -1.67. The molecular weight excluding hydrogens is 168 g/mol. The quantitative estimate of drug-likeness (QED) is 0.688. The average molecular weight is 178 g/mol. The molecule has 68 valence electrons. The van der Waals surface area contributed by atoms with E-state index in [0.29, 0.717) is 11.6 Å². The Morgan fingerprint density at radius 3 is 3.15 bits per heavy atom. The molecule has 1 heterocycles. The summed E-state index contributed by atoms with van der Waals surface area (Å²) < 4.78 is 0. The van der Waals surface area contributed by atoms with Crippen LogP contribution in [-0.2, 0) is 0 Å². The molecular formula is C8H10N4O. The summed E-state index contributed by atoms with van der Waals surface area (Å²) >= 11 is 0. The highest BCUT2D eigenvalue weighted by atomic mass is 16.3. The summed E-state index contributed by atoms with van der Waals surface area (Å²) in [6, 6.07) is 3.31. The number of aromatic nitrogens is 2. The molecule has 1 unspecified atom stereocenters. The van der Waals surface area contributed by atoms with E-state index in [1.807, 2.05) is 6.07 Å². The first-order valence-electron chi connectivity index (χ1n) is 3.87. The summed E-state index contributed by atoms with van der Waals surface area (Å²) in [6.07, 6.45) is 1.50. The van der Waals surface area contributed by atoms with Crippen LogP contribution in [0.1, 0.15) is 12.6 Å². The Bertz CT molecular complexity index is 320. The lowest BCUT2D eigenvalue weighted by Gasteiger charge is -2.09. The molecule has 5 heteroatoms. The van der Waals surface area contributed by atoms with Crippen LogP contribution in [0, 0.1) is 11.3 Å². The van der Waals surface area contributed by atoms with Gasteiger partial charge in [-0.05, 0) is 13.0 Å². The zero-order valence-corrected chi connectivity index (χ0v) is 7.23. The van der Waals surface area contributed by atoms with E-state index in [1.165, 1.54) is 12.3 Å². The van der Waals surface area contributed by atoms with E-state index in [-0.39, 0.29) is 12.6 Å². The first kappa shape index (κ1) is 9.42. The van der Waals surface area contributed by atoms with Gasteiger partial charge in [0.25, 0.3) is 0 Å². The van der Waals surface area contributed by atoms with Gasteiger partial charge in [0.2, 0.25) is 5.95 Å². The Morgan fingerprint density at radius 2 is 2.54 bits per heavy atom. The zero-order chi connectivity index (χ0) is 9.68. The second-order valence-corrected chi connectivity index (χ2v) is 2.61. The molecule has 0 aliphatic heterocycles. The molecule has 1 rings (SSSR count). The summed E-state index contributed by atoms with van der Waals surface area (Å²) in [4.78, 5) is 7.78. The van der Waals surface area contributed by atoms with Gasteiger partial charge >= 0.3 is 0 Å². The van der Waals surface area contributed by atoms with Crippen molar-refractivity contribution in [2.45, 2.75) is 13.0 Å². The van der Waals surface area contributed by atoms with E-state index in [2.05, 4.69) is 15.3 Å². The molecule has 0 saturated carbocycles. The molecule has 0 aliphatic carbocycles. The molecule has 1 aromatic rings. The maximum atomic E-state index is 8.74. The molecule has 0 spiro atoms. The van der Waals surface area contributed by atoms with Gasteiger partial charge in [-0.1, -0.05) is 0 Å². The molecule has 0 saturated heterocycles. The van der Waals surface area contributed by atoms with E-state index in [0.717, 1.165) is 0 Å². The van der Waals surface area contributed by atoms with E-state index >= 15 is 0 Å². The van der Waals surface area contributed by atoms with Gasteiger partial charge in [-0.2, -0.15) is 5.26 Å². The summed E-state index contributed by atoms with van der Waals surface area (Å²) in [6.45, 7) is 1.79. The third-order valence-electron chi connectivity index (χ3n) is 1.42. The van der Waals surface area contributed by atoms with Crippen molar-refractivity contribution in [2.24, 2.45) is 0 Å². The Balaban J connectivity index is 2.73. The van der Waals surface area contributed by atoms with E-state index in [1.54, 1.807) is 6.92 Å². The molecule has 0 amide bonds. The van der Waals surface area contributed by atoms with Gasteiger partial charge in [0.1, 0.15) is 11.8 Å². The van der Waals surface area contributed by atoms with Crippen LogP contribution < -0.4 is 5.32 Å². The van der Waals surface area contributed by atoms with Gasteiger partial charge in [0.05, 0.1) is 6.61 Å². The number of hydrogen-bond acceptors (Lipinski definition) is 5. The number of nitrogens with zero attached hydrogens (tertiary/aromatic N) is 3. The van der Waals surface area contributed by atoms with Gasteiger partial charge in [0.15, 0.2) is 0 Å². The lowest BCUT2D eigenvalue weighted by atomic mass is 10.4. The number of rotatable bonds is 3. The monoisotopic (exact) mass is 178 g/mol. The van der Waals surface area contributed by atoms with Crippen LogP contribution in [0.5, 0.6) is 0 Å². The lowest BCUT2D eigenvalue weighted by Crippen LogP contribution is -2.20. The summed E-state index contributed by atoms with van der Waals surface area (Å²) in [5.41, 5.74) is 0.308. The smallest absolute Gasteiger partial charge is 0.224 e. The third kappa shape index (κ3) is 2.69. The summed E-state index contributed by atoms with van der Waals surface area (Å²) in [5, 5.41) is 20.1. The highest BCUT2D eigenvalue weighted by Crippen LogP contribution is 2.00. The van der Waals surface area contributed by atoms with Crippen molar-refractivity contribution in [2.75, 3.05) is 11.9 Å². The Labute approximate surface area is 76.1 Å². The van der Waals surface area contributed by atoms with E-state index < -0.39 is 0 Å². The number of aliphatic hydroxyl groups excluding tert-OH is 1. The van der Waals surface area contributed by atoms with Crippen LogP contribution in [0.3, 0.4) is 0 Å². The second kappa shape index (κ2) is 4.38. The van der Waals surface area contributed by atoms with Gasteiger partial charge in [-0.3, -0.25) is 0 Å². The van der Waals surface area contributed by atoms with Crippen molar-refractivity contribution in [1.82, 2.24) is 9.97 Å². The van der Waals surface area contributed by atoms with Gasteiger partial charge < -0.3 is 10.4 Å². The van der Waals surface area contributed by atoms with Crippen molar-refractivity contribution >= 4 is 5.95 Å². The minimum Gasteiger partial charge on any atom is -0.394 e. The topological polar surface area (TPSA) is 81.8 Å². The van der Waals surface area contributed by atoms with Crippen molar-refractivity contribution in [3.05, 3.63) is 18.0 Å². The fourth-order valence-corrected chi connectivity index (χ4v) is 0.757. The Kier molecular flexibility index (Phi) is 3.17. The molecule has 1 aromatic heterocycles. The number of anilines is 1. The molecule has 13 heavy (non-hydrogen) atoms. The van der Waals surface area contributed by atoms with E-state index in [9.17, 15) is 0 Å². The highest BCUT2D eigenvalue weighted by Gasteiger charge is 2.02. The van der Waals surface area contributed by atoms with Crippen LogP contribution in [0.15, 0.2) is 12.3 Å². The number of nitriles is 1. The maximum Gasteiger partial charge on any atom is 0.224 e. The first-order chi connectivity index (χ1) is 6.26. The second-order valence-electron chi connectivity index (χ2n) is 2.61. The molecule has 1 atom stereocenters. The maximum absolute atomic E-state index is 8.74. The predicted molar refractivity (Wildman–Crippen MR) is 46.9 cm³/mol. The molecule has 0 bridgehead atoms. The molecule has 0 radical (unpaired) electrons. The molecule has 2 N–H and O–H groups in total. The van der Waals surface area contributed by atoms with Gasteiger partial charge in [-0.25, -0.2) is 9.97 Å². The molecule has 5 nitrogen and oxygen atoms in total. The SMILES string of the molecule is CC(CO)Nc1nccc(C#N)n1. The van der Waals surface area contributed by atoms with Crippen LogP contribution >= 0.6 is 0 Å². The van der Waals surface area contributed by atoms with Gasteiger partial charge in [0, 0.05) is 12.2 Å². The lowest BCUT2D eigenvalue weighted by molar-refractivity contribution is 0.281. The van der Waals surface area contributed by atoms with Crippen molar-refractivity contribution < 1.29 is 5.11 Å². The summed E-state index contributed by atoms with van der Waals surface area (Å²) in [5.74, 6) is 0.362. The average Bonchev–Trinajstić information content (AvgIpc) is 2.18. The van der Waals surface area contributed by atoms with Crippen molar-refractivity contribution in [3.8, 4) is 6.07 Å². The van der Waals surface area contributed by atoms with Crippen LogP contribution in [0.4, 0.5) is 5.95 Å². The Morgan fingerprint density at radius 1 is 1.77 bits per heavy atom. The number of hydrogen-bond donors (Lipinski definition) is 2. The first-order valence-corrected chi connectivity index (χ1v) is 3.87. The van der Waals surface area contributed by atoms with Crippen molar-refractivity contribution in [3.63, 3.8) is 0 Å². The number of aliphatic hydroxyl groups is 1. The minimum atomic E-state index is -0.117. The van der Waals surface area contributed by atoms with Crippen LogP contribution in [0.2, 0.25) is 0 Å². The van der Waals surface area contributed by atoms with Gasteiger partial charge in [-0.15, -0.1) is 0 Å². The van der Waals surface area contributed by atoms with Crippen LogP contribution in [0.25, 0.3) is 0 Å². The fraction of sp³-hybridized carbons (Fsp3) is 0.375. The summed E-state index contributed by atoms with van der Waals surface area (Å²) in [7, 11) is 0. The largest absolute Gasteiger partial charge is 0.394 e. The third-order valence-corrected chi connectivity index (χ3v) is 1.42. The normalized spacial score (nSPS) is 11.8. The van der Waals surface area contributed by atoms with E-state index in [4.69, 9.17) is 10.4 Å². The minimum absolute atomic E-state index is 0.000140. The number of nitrogens with one attached hydrogen (secondary N) is 1. The van der Waals surface area contributed by atoms with Crippen LogP contribution in [-0.4, -0.2) is 27.7 Å². The molecule has 0 aliphatic rings. The van der Waals surface area contributed by atoms with Crippen molar-refractivity contribution in [1.29, 1.82) is 5.26 Å².